The first-order valence-corrected chi connectivity index (χ1v) is 11.0. The smallest absolute Gasteiger partial charge is 0.161 e. The first kappa shape index (κ1) is 21.9. The van der Waals surface area contributed by atoms with E-state index in [1.165, 1.54) is 0 Å². The Kier molecular flexibility index (Phi) is 6.22. The summed E-state index contributed by atoms with van der Waals surface area (Å²) in [5.74, 6) is -0.354. The van der Waals surface area contributed by atoms with Gasteiger partial charge in [0.1, 0.15) is 0 Å². The highest BCUT2D eigenvalue weighted by molar-refractivity contribution is 7.19. The Labute approximate surface area is 181 Å². The zero-order chi connectivity index (χ0) is 22.2. The van der Waals surface area contributed by atoms with Crippen molar-refractivity contribution in [1.29, 1.82) is 5.41 Å². The second-order valence-corrected chi connectivity index (χ2v) is 8.88. The summed E-state index contributed by atoms with van der Waals surface area (Å²) in [6.07, 6.45) is 0.587. The van der Waals surface area contributed by atoms with Gasteiger partial charge in [-0.15, -0.1) is 11.3 Å². The molecule has 0 aliphatic rings. The van der Waals surface area contributed by atoms with Gasteiger partial charge in [0.25, 0.3) is 0 Å². The molecule has 0 spiro atoms. The van der Waals surface area contributed by atoms with E-state index in [0.29, 0.717) is 28.8 Å². The lowest BCUT2D eigenvalue weighted by atomic mass is 9.87. The molecule has 1 aromatic carbocycles. The molecule has 0 saturated heterocycles. The molecule has 3 rings (SSSR count). The molecule has 0 aliphatic heterocycles. The summed E-state index contributed by atoms with van der Waals surface area (Å²) in [5, 5.41) is 10.2. The van der Waals surface area contributed by atoms with E-state index in [0.717, 1.165) is 31.9 Å². The fourth-order valence-electron chi connectivity index (χ4n) is 4.32. The largest absolute Gasteiger partial charge is 0.361 e. The van der Waals surface area contributed by atoms with Crippen LogP contribution < -0.4 is 0 Å². The lowest BCUT2D eigenvalue weighted by Crippen LogP contribution is -2.18. The lowest BCUT2D eigenvalue weighted by Gasteiger charge is -2.20. The van der Waals surface area contributed by atoms with Crippen molar-refractivity contribution < 1.29 is 9.59 Å². The minimum Gasteiger partial charge on any atom is -0.361 e. The Hall–Kier alpha value is -2.79. The van der Waals surface area contributed by atoms with Crippen LogP contribution in [0.15, 0.2) is 41.5 Å². The standard InChI is InChI=1S/C25H28N2O2S/c1-7-19(16(5)28)13(2)24(26)23(21-12-18-10-8-9-11-20(18)30-21)25-14(3)22(17(6)29)15(4)27-25/h8-12,23,26-27H,7H2,1-6H3/b19-13+,26-24?. The molecule has 1 atom stereocenters. The number of ketones is 2. The van der Waals surface area contributed by atoms with Gasteiger partial charge in [-0.1, -0.05) is 25.1 Å². The Morgan fingerprint density at radius 3 is 2.33 bits per heavy atom. The van der Waals surface area contributed by atoms with Crippen LogP contribution in [0.3, 0.4) is 0 Å². The maximum absolute atomic E-state index is 12.2. The summed E-state index contributed by atoms with van der Waals surface area (Å²) in [6.45, 7) is 10.8. The van der Waals surface area contributed by atoms with Gasteiger partial charge in [-0.05, 0) is 75.3 Å². The van der Waals surface area contributed by atoms with Crippen LogP contribution in [0, 0.1) is 19.3 Å². The van der Waals surface area contributed by atoms with Crippen LogP contribution in [0.1, 0.15) is 72.2 Å². The highest BCUT2D eigenvalue weighted by Crippen LogP contribution is 2.39. The van der Waals surface area contributed by atoms with Gasteiger partial charge in [0.05, 0.1) is 5.92 Å². The predicted octanol–water partition coefficient (Wildman–Crippen LogP) is 6.52. The molecule has 0 aliphatic carbocycles. The van der Waals surface area contributed by atoms with Gasteiger partial charge in [0.2, 0.25) is 0 Å². The normalized spacial score (nSPS) is 13.3. The number of hydrogen-bond donors (Lipinski definition) is 2. The van der Waals surface area contributed by atoms with Gasteiger partial charge in [-0.2, -0.15) is 0 Å². The number of thiophene rings is 1. The van der Waals surface area contributed by atoms with Gasteiger partial charge < -0.3 is 10.4 Å². The van der Waals surface area contributed by atoms with Crippen LogP contribution in [0.2, 0.25) is 0 Å². The molecule has 0 bridgehead atoms. The van der Waals surface area contributed by atoms with E-state index in [2.05, 4.69) is 23.2 Å². The third-order valence-electron chi connectivity index (χ3n) is 5.77. The van der Waals surface area contributed by atoms with E-state index >= 15 is 0 Å². The van der Waals surface area contributed by atoms with E-state index in [1.807, 2.05) is 39.8 Å². The summed E-state index contributed by atoms with van der Waals surface area (Å²) in [4.78, 5) is 28.8. The van der Waals surface area contributed by atoms with Gasteiger partial charge >= 0.3 is 0 Å². The number of rotatable bonds is 7. The fourth-order valence-corrected chi connectivity index (χ4v) is 5.51. The Balaban J connectivity index is 2.27. The third kappa shape index (κ3) is 3.82. The Morgan fingerprint density at radius 1 is 1.13 bits per heavy atom. The summed E-state index contributed by atoms with van der Waals surface area (Å²) in [5.41, 5.74) is 5.02. The number of benzene rings is 1. The molecule has 3 aromatic rings. The number of carbonyl (C=O) groups is 2. The summed E-state index contributed by atoms with van der Waals surface area (Å²) in [6, 6.07) is 10.3. The molecule has 1 unspecified atom stereocenters. The van der Waals surface area contributed by atoms with Crippen molar-refractivity contribution in [3.8, 4) is 0 Å². The molecule has 5 heteroatoms. The second kappa shape index (κ2) is 8.52. The topological polar surface area (TPSA) is 73.8 Å². The molecule has 4 nitrogen and oxygen atoms in total. The predicted molar refractivity (Wildman–Crippen MR) is 125 cm³/mol. The first-order chi connectivity index (χ1) is 14.2. The molecule has 0 fully saturated rings. The molecule has 2 heterocycles. The average Bonchev–Trinajstić information content (AvgIpc) is 3.22. The molecule has 0 amide bonds. The highest BCUT2D eigenvalue weighted by Gasteiger charge is 2.29. The SMILES string of the molecule is CC/C(C(C)=O)=C(/C)C(=N)C(c1cc2ccccc2s1)c1[nH]c(C)c(C(C)=O)c1C. The zero-order valence-electron chi connectivity index (χ0n) is 18.4. The first-order valence-electron chi connectivity index (χ1n) is 10.1. The number of nitrogens with one attached hydrogen (secondary N) is 2. The van der Waals surface area contributed by atoms with E-state index < -0.39 is 0 Å². The van der Waals surface area contributed by atoms with E-state index in [-0.39, 0.29) is 17.5 Å². The van der Waals surface area contributed by atoms with E-state index in [9.17, 15) is 9.59 Å². The minimum absolute atomic E-state index is 0.00125. The van der Waals surface area contributed by atoms with Crippen molar-refractivity contribution in [1.82, 2.24) is 4.98 Å². The molecule has 156 valence electrons. The number of allylic oxidation sites excluding steroid dienone is 2. The number of carbonyl (C=O) groups excluding carboxylic acids is 2. The third-order valence-corrected chi connectivity index (χ3v) is 6.95. The van der Waals surface area contributed by atoms with Crippen LogP contribution in [0.4, 0.5) is 0 Å². The van der Waals surface area contributed by atoms with Gasteiger partial charge in [-0.3, -0.25) is 9.59 Å². The van der Waals surface area contributed by atoms with E-state index in [4.69, 9.17) is 5.41 Å². The maximum atomic E-state index is 12.2. The number of Topliss-reactive ketones (excluding diaryl/α,β-unsaturated/α-hetero) is 2. The van der Waals surface area contributed by atoms with Gasteiger partial charge in [0, 0.05) is 32.2 Å². The van der Waals surface area contributed by atoms with E-state index in [1.54, 1.807) is 25.2 Å². The second-order valence-electron chi connectivity index (χ2n) is 7.77. The monoisotopic (exact) mass is 420 g/mol. The molecule has 0 saturated carbocycles. The molecular formula is C25H28N2O2S. The molecule has 0 radical (unpaired) electrons. The number of fused-ring (bicyclic) bond motifs is 1. The number of aromatic nitrogens is 1. The Morgan fingerprint density at radius 2 is 1.80 bits per heavy atom. The van der Waals surface area contributed by atoms with Gasteiger partial charge in [0.15, 0.2) is 11.6 Å². The van der Waals surface area contributed by atoms with Crippen LogP contribution in [0.25, 0.3) is 10.1 Å². The van der Waals surface area contributed by atoms with Crippen molar-refractivity contribution >= 4 is 38.7 Å². The van der Waals surface area contributed by atoms with Crippen molar-refractivity contribution in [2.45, 2.75) is 53.9 Å². The summed E-state index contributed by atoms with van der Waals surface area (Å²) >= 11 is 1.65. The van der Waals surface area contributed by atoms with Crippen LogP contribution in [-0.2, 0) is 4.79 Å². The average molecular weight is 421 g/mol. The van der Waals surface area contributed by atoms with Crippen molar-refractivity contribution in [2.75, 3.05) is 0 Å². The highest BCUT2D eigenvalue weighted by atomic mass is 32.1. The van der Waals surface area contributed by atoms with Crippen molar-refractivity contribution in [3.63, 3.8) is 0 Å². The van der Waals surface area contributed by atoms with Crippen LogP contribution >= 0.6 is 11.3 Å². The number of aromatic amines is 1. The Bertz CT molecular complexity index is 1160. The van der Waals surface area contributed by atoms with Crippen molar-refractivity contribution in [2.24, 2.45) is 0 Å². The van der Waals surface area contributed by atoms with Crippen molar-refractivity contribution in [3.05, 3.63) is 68.9 Å². The fraction of sp³-hybridized carbons (Fsp3) is 0.320. The number of H-pyrrole nitrogens is 1. The van der Waals surface area contributed by atoms with Crippen LogP contribution in [0.5, 0.6) is 0 Å². The number of hydrogen-bond acceptors (Lipinski definition) is 4. The van der Waals surface area contributed by atoms with Crippen LogP contribution in [-0.4, -0.2) is 22.3 Å². The molecule has 30 heavy (non-hydrogen) atoms. The quantitative estimate of drug-likeness (QED) is 0.259. The molecule has 2 aromatic heterocycles. The number of aryl methyl sites for hydroxylation is 1. The lowest BCUT2D eigenvalue weighted by molar-refractivity contribution is -0.113. The summed E-state index contributed by atoms with van der Waals surface area (Å²) < 4.78 is 1.15. The zero-order valence-corrected chi connectivity index (χ0v) is 19.2. The molecule has 2 N–H and O–H groups in total. The minimum atomic E-state index is -0.366. The maximum Gasteiger partial charge on any atom is 0.161 e. The molecular weight excluding hydrogens is 392 g/mol. The summed E-state index contributed by atoms with van der Waals surface area (Å²) in [7, 11) is 0. The van der Waals surface area contributed by atoms with Gasteiger partial charge in [-0.25, -0.2) is 0 Å².